The van der Waals surface area contributed by atoms with Crippen molar-refractivity contribution in [3.63, 3.8) is 0 Å². The Kier molecular flexibility index (Phi) is 3.91. The van der Waals surface area contributed by atoms with Crippen LogP contribution in [0.25, 0.3) is 22.0 Å². The third-order valence-corrected chi connectivity index (χ3v) is 4.18. The lowest BCUT2D eigenvalue weighted by Crippen LogP contribution is -2.12. The first-order valence-electron chi connectivity index (χ1n) is 7.01. The van der Waals surface area contributed by atoms with Gasteiger partial charge in [-0.25, -0.2) is 0 Å². The molecule has 0 aliphatic heterocycles. The normalized spacial score (nSPS) is 12.5. The highest BCUT2D eigenvalue weighted by atomic mass is 35.5. The summed E-state index contributed by atoms with van der Waals surface area (Å²) in [4.78, 5) is 4.52. The summed E-state index contributed by atoms with van der Waals surface area (Å²) < 4.78 is 0. The van der Waals surface area contributed by atoms with E-state index in [0.717, 1.165) is 27.1 Å². The largest absolute Gasteiger partial charge is 0.313 e. The average Bonchev–Trinajstić information content (AvgIpc) is 2.54. The fraction of sp³-hybridized carbons (Fsp3) is 0.167. The highest BCUT2D eigenvalue weighted by Crippen LogP contribution is 2.34. The number of aromatic nitrogens is 1. The molecule has 106 valence electrons. The maximum atomic E-state index is 6.43. The first kappa shape index (κ1) is 14.1. The molecule has 21 heavy (non-hydrogen) atoms. The molecule has 1 atom stereocenters. The molecule has 3 aromatic rings. The molecule has 1 unspecified atom stereocenters. The van der Waals surface area contributed by atoms with E-state index in [4.69, 9.17) is 11.6 Å². The number of para-hydroxylation sites is 1. The van der Waals surface area contributed by atoms with Crippen LogP contribution in [0.15, 0.2) is 54.7 Å². The lowest BCUT2D eigenvalue weighted by Gasteiger charge is -2.14. The van der Waals surface area contributed by atoms with E-state index in [-0.39, 0.29) is 6.04 Å². The van der Waals surface area contributed by atoms with Gasteiger partial charge in [-0.15, -0.1) is 0 Å². The standard InChI is InChI=1S/C18H17ClN2/c1-12(20-2)14-8-9-17(19)16(11-14)15-7-3-5-13-6-4-10-21-18(13)15/h3-12,20H,1-2H3. The molecular weight excluding hydrogens is 280 g/mol. The van der Waals surface area contributed by atoms with Gasteiger partial charge in [0.1, 0.15) is 0 Å². The van der Waals surface area contributed by atoms with Gasteiger partial charge in [0.2, 0.25) is 0 Å². The first-order chi connectivity index (χ1) is 10.2. The molecule has 2 nitrogen and oxygen atoms in total. The minimum Gasteiger partial charge on any atom is -0.313 e. The molecule has 1 N–H and O–H groups in total. The number of nitrogens with one attached hydrogen (secondary N) is 1. The van der Waals surface area contributed by atoms with E-state index in [9.17, 15) is 0 Å². The molecule has 3 rings (SSSR count). The second-order valence-electron chi connectivity index (χ2n) is 5.13. The maximum absolute atomic E-state index is 6.43. The number of benzene rings is 2. The predicted molar refractivity (Wildman–Crippen MR) is 89.7 cm³/mol. The highest BCUT2D eigenvalue weighted by Gasteiger charge is 2.11. The Hall–Kier alpha value is -1.90. The molecule has 0 saturated heterocycles. The number of fused-ring (bicyclic) bond motifs is 1. The van der Waals surface area contributed by atoms with E-state index >= 15 is 0 Å². The molecular formula is C18H17ClN2. The molecule has 0 spiro atoms. The van der Waals surface area contributed by atoms with Crippen LogP contribution in [0.5, 0.6) is 0 Å². The van der Waals surface area contributed by atoms with Crippen LogP contribution in [-0.4, -0.2) is 12.0 Å². The van der Waals surface area contributed by atoms with Crippen molar-refractivity contribution in [3.05, 3.63) is 65.3 Å². The molecule has 0 aliphatic carbocycles. The van der Waals surface area contributed by atoms with Gasteiger partial charge in [0, 0.05) is 33.8 Å². The SMILES string of the molecule is CNC(C)c1ccc(Cl)c(-c2cccc3cccnc23)c1. The number of hydrogen-bond donors (Lipinski definition) is 1. The monoisotopic (exact) mass is 296 g/mol. The lowest BCUT2D eigenvalue weighted by molar-refractivity contribution is 0.652. The average molecular weight is 297 g/mol. The van der Waals surface area contributed by atoms with E-state index in [1.165, 1.54) is 5.56 Å². The molecule has 1 heterocycles. The van der Waals surface area contributed by atoms with Gasteiger partial charge in [0.15, 0.2) is 0 Å². The summed E-state index contributed by atoms with van der Waals surface area (Å²) in [5.74, 6) is 0. The van der Waals surface area contributed by atoms with Gasteiger partial charge in [-0.3, -0.25) is 4.98 Å². The summed E-state index contributed by atoms with van der Waals surface area (Å²) in [5, 5.41) is 5.13. The van der Waals surface area contributed by atoms with Crippen LogP contribution in [0, 0.1) is 0 Å². The summed E-state index contributed by atoms with van der Waals surface area (Å²) >= 11 is 6.43. The van der Waals surface area contributed by atoms with Gasteiger partial charge in [0.05, 0.1) is 5.52 Å². The van der Waals surface area contributed by atoms with Crippen molar-refractivity contribution in [1.82, 2.24) is 10.3 Å². The lowest BCUT2D eigenvalue weighted by atomic mass is 9.98. The third kappa shape index (κ3) is 2.65. The Morgan fingerprint density at radius 2 is 1.86 bits per heavy atom. The van der Waals surface area contributed by atoms with Gasteiger partial charge in [0.25, 0.3) is 0 Å². The molecule has 0 saturated carbocycles. The van der Waals surface area contributed by atoms with Crippen molar-refractivity contribution in [2.24, 2.45) is 0 Å². The fourth-order valence-corrected chi connectivity index (χ4v) is 2.73. The summed E-state index contributed by atoms with van der Waals surface area (Å²) in [5.41, 5.74) is 4.30. The van der Waals surface area contributed by atoms with Crippen molar-refractivity contribution in [3.8, 4) is 11.1 Å². The number of rotatable bonds is 3. The molecule has 0 radical (unpaired) electrons. The minimum absolute atomic E-state index is 0.281. The van der Waals surface area contributed by atoms with E-state index in [1.54, 1.807) is 0 Å². The Morgan fingerprint density at radius 1 is 1.05 bits per heavy atom. The van der Waals surface area contributed by atoms with Gasteiger partial charge in [-0.05, 0) is 37.7 Å². The van der Waals surface area contributed by atoms with E-state index in [2.05, 4.69) is 47.6 Å². The maximum Gasteiger partial charge on any atom is 0.0780 e. The van der Waals surface area contributed by atoms with E-state index in [1.807, 2.05) is 31.4 Å². The Labute approximate surface area is 129 Å². The van der Waals surface area contributed by atoms with E-state index < -0.39 is 0 Å². The second kappa shape index (κ2) is 5.84. The molecule has 1 aromatic heterocycles. The molecule has 0 fully saturated rings. The number of pyridine rings is 1. The zero-order chi connectivity index (χ0) is 14.8. The van der Waals surface area contributed by atoms with Crippen molar-refractivity contribution in [2.75, 3.05) is 7.05 Å². The zero-order valence-corrected chi connectivity index (χ0v) is 12.9. The summed E-state index contributed by atoms with van der Waals surface area (Å²) in [6.07, 6.45) is 1.82. The van der Waals surface area contributed by atoms with Gasteiger partial charge in [-0.2, -0.15) is 0 Å². The van der Waals surface area contributed by atoms with Gasteiger partial charge in [-0.1, -0.05) is 41.9 Å². The van der Waals surface area contributed by atoms with Crippen LogP contribution in [0.1, 0.15) is 18.5 Å². The number of nitrogens with zero attached hydrogens (tertiary/aromatic N) is 1. The summed E-state index contributed by atoms with van der Waals surface area (Å²) in [7, 11) is 1.96. The molecule has 2 aromatic carbocycles. The highest BCUT2D eigenvalue weighted by molar-refractivity contribution is 6.33. The van der Waals surface area contributed by atoms with Crippen LogP contribution in [0.2, 0.25) is 5.02 Å². The van der Waals surface area contributed by atoms with Crippen molar-refractivity contribution in [1.29, 1.82) is 0 Å². The van der Waals surface area contributed by atoms with Crippen LogP contribution < -0.4 is 5.32 Å². The quantitative estimate of drug-likeness (QED) is 0.748. The Balaban J connectivity index is 2.23. The van der Waals surface area contributed by atoms with Crippen molar-refractivity contribution >= 4 is 22.5 Å². The van der Waals surface area contributed by atoms with Crippen LogP contribution in [-0.2, 0) is 0 Å². The van der Waals surface area contributed by atoms with Gasteiger partial charge >= 0.3 is 0 Å². The van der Waals surface area contributed by atoms with Gasteiger partial charge < -0.3 is 5.32 Å². The topological polar surface area (TPSA) is 24.9 Å². The molecule has 0 bridgehead atoms. The minimum atomic E-state index is 0.281. The van der Waals surface area contributed by atoms with Crippen molar-refractivity contribution in [2.45, 2.75) is 13.0 Å². The Morgan fingerprint density at radius 3 is 2.67 bits per heavy atom. The van der Waals surface area contributed by atoms with Crippen molar-refractivity contribution < 1.29 is 0 Å². The second-order valence-corrected chi connectivity index (χ2v) is 5.54. The van der Waals surface area contributed by atoms with Crippen LogP contribution >= 0.6 is 11.6 Å². The smallest absolute Gasteiger partial charge is 0.0780 e. The molecule has 0 aliphatic rings. The summed E-state index contributed by atoms with van der Waals surface area (Å²) in [6, 6.07) is 16.7. The summed E-state index contributed by atoms with van der Waals surface area (Å²) in [6.45, 7) is 2.13. The molecule has 3 heteroatoms. The van der Waals surface area contributed by atoms with Crippen LogP contribution in [0.3, 0.4) is 0 Å². The fourth-order valence-electron chi connectivity index (χ4n) is 2.51. The van der Waals surface area contributed by atoms with E-state index in [0.29, 0.717) is 0 Å². The van der Waals surface area contributed by atoms with Crippen LogP contribution in [0.4, 0.5) is 0 Å². The number of halogens is 1. The zero-order valence-electron chi connectivity index (χ0n) is 12.1. The number of hydrogen-bond acceptors (Lipinski definition) is 2. The Bertz CT molecular complexity index is 778. The predicted octanol–water partition coefficient (Wildman–Crippen LogP) is 4.84. The molecule has 0 amide bonds. The third-order valence-electron chi connectivity index (χ3n) is 3.85. The first-order valence-corrected chi connectivity index (χ1v) is 7.39.